The number of hydrogen-bond acceptors (Lipinski definition) is 11. The second-order valence-electron chi connectivity index (χ2n) is 10.9. The topological polar surface area (TPSA) is 127 Å². The second kappa shape index (κ2) is 11.2. The Morgan fingerprint density at radius 2 is 1.68 bits per heavy atom. The van der Waals surface area contributed by atoms with Crippen molar-refractivity contribution in [3.63, 3.8) is 0 Å². The van der Waals surface area contributed by atoms with Gasteiger partial charge in [0.25, 0.3) is 0 Å². The average Bonchev–Trinajstić information content (AvgIpc) is 2.95. The van der Waals surface area contributed by atoms with E-state index in [1.165, 1.54) is 24.1 Å². The number of amides is 1. The molecule has 2 unspecified atom stereocenters. The van der Waals surface area contributed by atoms with Gasteiger partial charge in [0.1, 0.15) is 29.1 Å². The minimum absolute atomic E-state index is 0.0212. The molecule has 2 aliphatic rings. The molecule has 0 radical (unpaired) electrons. The maximum atomic E-state index is 15.1. The van der Waals surface area contributed by atoms with Crippen molar-refractivity contribution in [3.05, 3.63) is 53.9 Å². The van der Waals surface area contributed by atoms with E-state index in [9.17, 15) is 9.59 Å². The highest BCUT2D eigenvalue weighted by molar-refractivity contribution is 5.82. The summed E-state index contributed by atoms with van der Waals surface area (Å²) in [7, 11) is 1.28. The predicted octanol–water partition coefficient (Wildman–Crippen LogP) is 3.19. The van der Waals surface area contributed by atoms with Gasteiger partial charge >= 0.3 is 12.1 Å². The van der Waals surface area contributed by atoms with E-state index in [1.54, 1.807) is 50.3 Å². The number of aromatic nitrogens is 5. The SMILES string of the molecule is COC(=O)C1CN(C(=O)OC(C)(C)C)CCN1c1cc(F)cc(N2CCc3nc(-c4ncccn4)ncc3C2C)n1. The van der Waals surface area contributed by atoms with Crippen LogP contribution in [0.5, 0.6) is 0 Å². The number of fused-ring (bicyclic) bond motifs is 1. The summed E-state index contributed by atoms with van der Waals surface area (Å²) in [4.78, 5) is 53.0. The zero-order chi connectivity index (χ0) is 29.3. The molecule has 1 fully saturated rings. The number of carbonyl (C=O) groups is 2. The molecule has 1 saturated heterocycles. The van der Waals surface area contributed by atoms with E-state index >= 15 is 4.39 Å². The first-order chi connectivity index (χ1) is 19.5. The lowest BCUT2D eigenvalue weighted by Crippen LogP contribution is -2.59. The Morgan fingerprint density at radius 3 is 2.37 bits per heavy atom. The minimum Gasteiger partial charge on any atom is -0.467 e. The Kier molecular flexibility index (Phi) is 7.70. The fourth-order valence-corrected chi connectivity index (χ4v) is 5.05. The van der Waals surface area contributed by atoms with Gasteiger partial charge in [-0.05, 0) is 33.8 Å². The van der Waals surface area contributed by atoms with Crippen LogP contribution in [0.25, 0.3) is 11.6 Å². The predicted molar refractivity (Wildman–Crippen MR) is 148 cm³/mol. The molecule has 0 aromatic carbocycles. The molecule has 216 valence electrons. The third kappa shape index (κ3) is 6.03. The fraction of sp³-hybridized carbons (Fsp3) is 0.464. The maximum absolute atomic E-state index is 15.1. The fourth-order valence-electron chi connectivity index (χ4n) is 5.05. The standard InChI is InChI=1S/C28H33FN8O4/c1-17-19-15-32-25(24-30-8-6-9-31-24)33-20(19)7-10-36(17)22-13-18(29)14-23(34-22)37-12-11-35(16-21(37)26(38)40-5)27(39)41-28(2,3)4/h6,8-9,13-15,17,21H,7,10-12,16H2,1-5H3. The van der Waals surface area contributed by atoms with Gasteiger partial charge in [-0.25, -0.2) is 38.9 Å². The van der Waals surface area contributed by atoms with E-state index in [4.69, 9.17) is 19.4 Å². The van der Waals surface area contributed by atoms with E-state index < -0.39 is 29.5 Å². The van der Waals surface area contributed by atoms with Crippen LogP contribution in [0.1, 0.15) is 45.0 Å². The molecular formula is C28H33FN8O4. The maximum Gasteiger partial charge on any atom is 0.410 e. The van der Waals surface area contributed by atoms with E-state index in [-0.39, 0.29) is 31.5 Å². The van der Waals surface area contributed by atoms with Crippen molar-refractivity contribution in [3.8, 4) is 11.6 Å². The van der Waals surface area contributed by atoms with E-state index in [0.717, 1.165) is 11.3 Å². The van der Waals surface area contributed by atoms with Crippen LogP contribution in [-0.4, -0.2) is 86.8 Å². The smallest absolute Gasteiger partial charge is 0.410 e. The van der Waals surface area contributed by atoms with Crippen LogP contribution in [-0.2, 0) is 20.7 Å². The molecule has 0 spiro atoms. The van der Waals surface area contributed by atoms with Gasteiger partial charge in [-0.3, -0.25) is 0 Å². The van der Waals surface area contributed by atoms with Crippen molar-refractivity contribution in [2.45, 2.75) is 51.8 Å². The number of rotatable bonds is 4. The number of nitrogens with zero attached hydrogens (tertiary/aromatic N) is 8. The second-order valence-corrected chi connectivity index (χ2v) is 10.9. The van der Waals surface area contributed by atoms with Crippen LogP contribution in [0, 0.1) is 5.82 Å². The Hall–Kier alpha value is -4.42. The molecule has 0 aliphatic carbocycles. The summed E-state index contributed by atoms with van der Waals surface area (Å²) in [5.74, 6) is 0.566. The zero-order valence-corrected chi connectivity index (χ0v) is 23.7. The van der Waals surface area contributed by atoms with Crippen LogP contribution in [0.3, 0.4) is 0 Å². The summed E-state index contributed by atoms with van der Waals surface area (Å²) < 4.78 is 25.6. The van der Waals surface area contributed by atoms with Gasteiger partial charge in [-0.2, -0.15) is 0 Å². The number of pyridine rings is 1. The van der Waals surface area contributed by atoms with Crippen LogP contribution in [0.2, 0.25) is 0 Å². The van der Waals surface area contributed by atoms with Gasteiger partial charge in [0.05, 0.1) is 25.4 Å². The third-order valence-corrected chi connectivity index (χ3v) is 7.03. The molecule has 0 bridgehead atoms. The number of anilines is 2. The van der Waals surface area contributed by atoms with Crippen molar-refractivity contribution in [1.29, 1.82) is 0 Å². The van der Waals surface area contributed by atoms with E-state index in [2.05, 4.69) is 15.0 Å². The van der Waals surface area contributed by atoms with Crippen molar-refractivity contribution < 1.29 is 23.5 Å². The lowest BCUT2D eigenvalue weighted by molar-refractivity contribution is -0.143. The highest BCUT2D eigenvalue weighted by Gasteiger charge is 2.38. The summed E-state index contributed by atoms with van der Waals surface area (Å²) in [5.41, 5.74) is 1.11. The number of hydrogen-bond donors (Lipinski definition) is 0. The van der Waals surface area contributed by atoms with E-state index in [1.807, 2.05) is 11.8 Å². The summed E-state index contributed by atoms with van der Waals surface area (Å²) in [6.45, 7) is 8.40. The number of ether oxygens (including phenoxy) is 2. The highest BCUT2D eigenvalue weighted by Crippen LogP contribution is 2.34. The van der Waals surface area contributed by atoms with Crippen molar-refractivity contribution in [1.82, 2.24) is 29.8 Å². The lowest BCUT2D eigenvalue weighted by atomic mass is 9.99. The molecular weight excluding hydrogens is 531 g/mol. The quantitative estimate of drug-likeness (QED) is 0.434. The molecule has 12 nitrogen and oxygen atoms in total. The minimum atomic E-state index is -0.880. The monoisotopic (exact) mass is 564 g/mol. The molecule has 5 heterocycles. The van der Waals surface area contributed by atoms with Gasteiger partial charge in [-0.1, -0.05) is 0 Å². The van der Waals surface area contributed by atoms with Crippen LogP contribution < -0.4 is 9.80 Å². The summed E-state index contributed by atoms with van der Waals surface area (Å²) in [6, 6.07) is 3.33. The first-order valence-corrected chi connectivity index (χ1v) is 13.4. The van der Waals surface area contributed by atoms with Crippen LogP contribution in [0.15, 0.2) is 36.8 Å². The highest BCUT2D eigenvalue weighted by atomic mass is 19.1. The Morgan fingerprint density at radius 1 is 0.976 bits per heavy atom. The molecule has 5 rings (SSSR count). The van der Waals surface area contributed by atoms with Gasteiger partial charge in [-0.15, -0.1) is 0 Å². The molecule has 2 aliphatic heterocycles. The first kappa shape index (κ1) is 28.1. The Bertz CT molecular complexity index is 1430. The third-order valence-electron chi connectivity index (χ3n) is 7.03. The number of methoxy groups -OCH3 is 1. The number of piperazine rings is 1. The van der Waals surface area contributed by atoms with Gasteiger partial charge in [0, 0.05) is 62.3 Å². The summed E-state index contributed by atoms with van der Waals surface area (Å²) >= 11 is 0. The first-order valence-electron chi connectivity index (χ1n) is 13.4. The normalized spacial score (nSPS) is 19.0. The number of esters is 1. The molecule has 3 aromatic heterocycles. The van der Waals surface area contributed by atoms with E-state index in [0.29, 0.717) is 30.4 Å². The van der Waals surface area contributed by atoms with Gasteiger partial charge in [0.15, 0.2) is 11.6 Å². The Balaban J connectivity index is 1.39. The van der Waals surface area contributed by atoms with Crippen molar-refractivity contribution >= 4 is 23.7 Å². The average molecular weight is 565 g/mol. The molecule has 0 N–H and O–H groups in total. The number of halogens is 1. The lowest BCUT2D eigenvalue weighted by Gasteiger charge is -2.41. The van der Waals surface area contributed by atoms with Crippen LogP contribution >= 0.6 is 0 Å². The molecule has 0 saturated carbocycles. The molecule has 2 atom stereocenters. The van der Waals surface area contributed by atoms with Crippen molar-refractivity contribution in [2.24, 2.45) is 0 Å². The van der Waals surface area contributed by atoms with Crippen LogP contribution in [0.4, 0.5) is 20.8 Å². The molecule has 3 aromatic rings. The summed E-state index contributed by atoms with van der Waals surface area (Å²) in [5, 5.41) is 0. The molecule has 13 heteroatoms. The van der Waals surface area contributed by atoms with Gasteiger partial charge < -0.3 is 24.2 Å². The van der Waals surface area contributed by atoms with Crippen molar-refractivity contribution in [2.75, 3.05) is 43.1 Å². The molecule has 1 amide bonds. The molecule has 41 heavy (non-hydrogen) atoms. The number of carbonyl (C=O) groups excluding carboxylic acids is 2. The Labute approximate surface area is 237 Å². The largest absolute Gasteiger partial charge is 0.467 e. The zero-order valence-electron chi connectivity index (χ0n) is 23.7. The summed E-state index contributed by atoms with van der Waals surface area (Å²) in [6.07, 6.45) is 5.11. The van der Waals surface area contributed by atoms with Gasteiger partial charge in [0.2, 0.25) is 0 Å².